The molecule has 0 spiro atoms. The Hall–Kier alpha value is -3.49. The zero-order chi connectivity index (χ0) is 20.7. The van der Waals surface area contributed by atoms with Crippen LogP contribution in [0.4, 0.5) is 0 Å². The average Bonchev–Trinajstić information content (AvgIpc) is 3.39. The van der Waals surface area contributed by atoms with Gasteiger partial charge < -0.3 is 9.84 Å². The first kappa shape index (κ1) is 18.9. The lowest BCUT2D eigenvalue weighted by molar-refractivity contribution is 0.0941. The molecule has 150 valence electrons. The van der Waals surface area contributed by atoms with Gasteiger partial charge in [-0.3, -0.25) is 14.2 Å². The second-order valence-electron chi connectivity index (χ2n) is 7.13. The molecular weight excluding hydrogens is 370 g/mol. The van der Waals surface area contributed by atoms with Crippen molar-refractivity contribution in [2.24, 2.45) is 7.05 Å². The molecule has 1 unspecified atom stereocenters. The molecule has 1 N–H and O–H groups in total. The van der Waals surface area contributed by atoms with Gasteiger partial charge in [0.25, 0.3) is 11.6 Å². The summed E-state index contributed by atoms with van der Waals surface area (Å²) >= 11 is 0. The van der Waals surface area contributed by atoms with Crippen molar-refractivity contribution in [3.63, 3.8) is 0 Å². The van der Waals surface area contributed by atoms with E-state index in [0.717, 1.165) is 23.4 Å². The summed E-state index contributed by atoms with van der Waals surface area (Å²) in [5, 5.41) is 16.3. The van der Waals surface area contributed by atoms with Crippen molar-refractivity contribution in [2.75, 3.05) is 0 Å². The van der Waals surface area contributed by atoms with E-state index in [-0.39, 0.29) is 11.9 Å². The zero-order valence-corrected chi connectivity index (χ0v) is 17.1. The number of hydrogen-bond donors (Lipinski definition) is 1. The molecule has 4 heterocycles. The van der Waals surface area contributed by atoms with Crippen LogP contribution in [0.2, 0.25) is 0 Å². The Labute approximate surface area is 167 Å². The summed E-state index contributed by atoms with van der Waals surface area (Å²) in [6.45, 7) is 8.50. The quantitative estimate of drug-likeness (QED) is 0.559. The molecule has 4 rings (SSSR count). The van der Waals surface area contributed by atoms with Crippen molar-refractivity contribution in [2.45, 2.75) is 40.3 Å². The maximum absolute atomic E-state index is 13.2. The number of fused-ring (bicyclic) bond motifs is 1. The van der Waals surface area contributed by atoms with E-state index < -0.39 is 0 Å². The highest BCUT2D eigenvalue weighted by Gasteiger charge is 2.22. The van der Waals surface area contributed by atoms with E-state index in [1.807, 2.05) is 44.9 Å². The Morgan fingerprint density at radius 1 is 1.28 bits per heavy atom. The predicted octanol–water partition coefficient (Wildman–Crippen LogP) is 2.95. The Kier molecular flexibility index (Phi) is 4.65. The molecule has 4 aromatic rings. The smallest absolute Gasteiger partial charge is 0.259 e. The molecule has 0 radical (unpaired) electrons. The second-order valence-corrected chi connectivity index (χ2v) is 7.13. The molecule has 0 aromatic carbocycles. The van der Waals surface area contributed by atoms with Crippen molar-refractivity contribution >= 4 is 17.0 Å². The third-order valence-corrected chi connectivity index (χ3v) is 4.98. The fourth-order valence-electron chi connectivity index (χ4n) is 3.45. The van der Waals surface area contributed by atoms with E-state index in [1.165, 1.54) is 0 Å². The fourth-order valence-corrected chi connectivity index (χ4v) is 3.45. The number of carbonyl (C=O) groups is 1. The summed E-state index contributed by atoms with van der Waals surface area (Å²) in [4.78, 5) is 17.7. The highest BCUT2D eigenvalue weighted by Crippen LogP contribution is 2.27. The number of hydrogen-bond acceptors (Lipinski definition) is 6. The van der Waals surface area contributed by atoms with Crippen LogP contribution in [0.3, 0.4) is 0 Å². The van der Waals surface area contributed by atoms with Crippen LogP contribution in [0.15, 0.2) is 29.2 Å². The molecule has 0 fully saturated rings. The van der Waals surface area contributed by atoms with Gasteiger partial charge in [0.1, 0.15) is 0 Å². The van der Waals surface area contributed by atoms with Gasteiger partial charge in [0.2, 0.25) is 0 Å². The summed E-state index contributed by atoms with van der Waals surface area (Å²) in [7, 11) is 1.83. The molecule has 4 aromatic heterocycles. The normalized spacial score (nSPS) is 12.4. The molecule has 9 nitrogen and oxygen atoms in total. The van der Waals surface area contributed by atoms with Crippen LogP contribution in [0, 0.1) is 13.8 Å². The van der Waals surface area contributed by atoms with Crippen LogP contribution in [-0.4, -0.2) is 35.6 Å². The highest BCUT2D eigenvalue weighted by atomic mass is 16.5. The molecule has 0 bridgehead atoms. The zero-order valence-electron chi connectivity index (χ0n) is 17.1. The van der Waals surface area contributed by atoms with Gasteiger partial charge in [0, 0.05) is 37.1 Å². The number of pyridine rings is 1. The van der Waals surface area contributed by atoms with E-state index in [1.54, 1.807) is 23.9 Å². The van der Waals surface area contributed by atoms with Crippen LogP contribution in [0.25, 0.3) is 22.4 Å². The number of carbonyl (C=O) groups excluding carboxylic acids is 1. The predicted molar refractivity (Wildman–Crippen MR) is 107 cm³/mol. The Balaban J connectivity index is 1.72. The Morgan fingerprint density at radius 2 is 2.07 bits per heavy atom. The molecule has 1 amide bonds. The van der Waals surface area contributed by atoms with Gasteiger partial charge in [-0.05, 0) is 33.8 Å². The van der Waals surface area contributed by atoms with E-state index >= 15 is 0 Å². The van der Waals surface area contributed by atoms with Crippen LogP contribution < -0.4 is 5.32 Å². The first-order valence-electron chi connectivity index (χ1n) is 9.48. The highest BCUT2D eigenvalue weighted by molar-refractivity contribution is 6.07. The molecule has 0 aliphatic heterocycles. The maximum Gasteiger partial charge on any atom is 0.259 e. The van der Waals surface area contributed by atoms with Crippen molar-refractivity contribution in [3.05, 3.63) is 47.2 Å². The van der Waals surface area contributed by atoms with E-state index in [9.17, 15) is 4.79 Å². The standard InChI is InChI=1S/C20H23N7O2/c1-6-27-10-16(12(3)24-27)11(2)22-19(28)15-7-17(14-8-21-26(5)9-14)23-20-18(15)13(4)25-29-20/h7-11H,6H2,1-5H3,(H,22,28). The first-order chi connectivity index (χ1) is 13.9. The number of nitrogens with one attached hydrogen (secondary N) is 1. The molecular formula is C20H23N7O2. The number of aryl methyl sites for hydroxylation is 4. The summed E-state index contributed by atoms with van der Waals surface area (Å²) in [6, 6.07) is 1.56. The minimum Gasteiger partial charge on any atom is -0.345 e. The number of aromatic nitrogens is 6. The second kappa shape index (κ2) is 7.16. The molecule has 1 atom stereocenters. The molecule has 29 heavy (non-hydrogen) atoms. The van der Waals surface area contributed by atoms with Crippen LogP contribution >= 0.6 is 0 Å². The monoisotopic (exact) mass is 393 g/mol. The summed E-state index contributed by atoms with van der Waals surface area (Å²) in [5.74, 6) is -0.218. The van der Waals surface area contributed by atoms with Crippen molar-refractivity contribution in [3.8, 4) is 11.3 Å². The summed E-state index contributed by atoms with van der Waals surface area (Å²) < 4.78 is 8.90. The van der Waals surface area contributed by atoms with Gasteiger partial charge in [0.15, 0.2) is 0 Å². The number of amides is 1. The van der Waals surface area contributed by atoms with E-state index in [0.29, 0.717) is 28.1 Å². The van der Waals surface area contributed by atoms with Crippen molar-refractivity contribution < 1.29 is 9.32 Å². The molecule has 9 heteroatoms. The van der Waals surface area contributed by atoms with Gasteiger partial charge in [0.05, 0.1) is 40.3 Å². The van der Waals surface area contributed by atoms with Gasteiger partial charge in [-0.15, -0.1) is 0 Å². The molecule has 0 saturated heterocycles. The van der Waals surface area contributed by atoms with Crippen molar-refractivity contribution in [1.29, 1.82) is 0 Å². The fraction of sp³-hybridized carbons (Fsp3) is 0.350. The minimum atomic E-state index is -0.218. The summed E-state index contributed by atoms with van der Waals surface area (Å²) in [5.41, 5.74) is 4.71. The SMILES string of the molecule is CCn1cc(C(C)NC(=O)c2cc(-c3cnn(C)c3)nc3onc(C)c23)c(C)n1. The van der Waals surface area contributed by atoms with Gasteiger partial charge in [-0.2, -0.15) is 10.2 Å². The van der Waals surface area contributed by atoms with E-state index in [4.69, 9.17) is 4.52 Å². The maximum atomic E-state index is 13.2. The third kappa shape index (κ3) is 3.39. The lowest BCUT2D eigenvalue weighted by atomic mass is 10.1. The average molecular weight is 393 g/mol. The van der Waals surface area contributed by atoms with Gasteiger partial charge >= 0.3 is 0 Å². The van der Waals surface area contributed by atoms with Crippen molar-refractivity contribution in [1.82, 2.24) is 35.0 Å². The van der Waals surface area contributed by atoms with Crippen LogP contribution in [0.1, 0.15) is 47.2 Å². The lowest BCUT2D eigenvalue weighted by Gasteiger charge is -2.14. The largest absolute Gasteiger partial charge is 0.345 e. The molecule has 0 saturated carbocycles. The topological polar surface area (TPSA) is 104 Å². The molecule has 0 aliphatic carbocycles. The Morgan fingerprint density at radius 3 is 2.72 bits per heavy atom. The van der Waals surface area contributed by atoms with E-state index in [2.05, 4.69) is 25.7 Å². The van der Waals surface area contributed by atoms with Crippen LogP contribution in [0.5, 0.6) is 0 Å². The summed E-state index contributed by atoms with van der Waals surface area (Å²) in [6.07, 6.45) is 5.50. The van der Waals surface area contributed by atoms with Gasteiger partial charge in [-0.25, -0.2) is 4.98 Å². The first-order valence-corrected chi connectivity index (χ1v) is 9.48. The lowest BCUT2D eigenvalue weighted by Crippen LogP contribution is -2.27. The third-order valence-electron chi connectivity index (χ3n) is 4.98. The number of nitrogens with zero attached hydrogens (tertiary/aromatic N) is 6. The number of rotatable bonds is 5. The van der Waals surface area contributed by atoms with Gasteiger partial charge in [-0.1, -0.05) is 5.16 Å². The Bertz CT molecular complexity index is 1200. The van der Waals surface area contributed by atoms with Crippen LogP contribution in [-0.2, 0) is 13.6 Å². The minimum absolute atomic E-state index is 0.201. The molecule has 0 aliphatic rings.